The molecule has 1 aliphatic heterocycles. The lowest BCUT2D eigenvalue weighted by molar-refractivity contribution is -0.143. The number of aromatic nitrogens is 1. The van der Waals surface area contributed by atoms with E-state index in [-0.39, 0.29) is 22.2 Å². The van der Waals surface area contributed by atoms with Gasteiger partial charge in [-0.1, -0.05) is 24.3 Å². The van der Waals surface area contributed by atoms with E-state index in [9.17, 15) is 35.9 Å². The van der Waals surface area contributed by atoms with Crippen LogP contribution >= 0.6 is 0 Å². The van der Waals surface area contributed by atoms with E-state index in [0.717, 1.165) is 18.3 Å². The molecule has 0 radical (unpaired) electrons. The molecule has 0 saturated carbocycles. The second-order valence-electron chi connectivity index (χ2n) is 7.61. The molecule has 1 N–H and O–H groups in total. The first-order valence-corrected chi connectivity index (χ1v) is 10.4. The topological polar surface area (TPSA) is 77.5 Å². The van der Waals surface area contributed by atoms with Gasteiger partial charge < -0.3 is 14.8 Å². The van der Waals surface area contributed by atoms with E-state index in [1.54, 1.807) is 0 Å². The van der Waals surface area contributed by atoms with Crippen molar-refractivity contribution in [2.24, 2.45) is 0 Å². The van der Waals surface area contributed by atoms with Crippen LogP contribution in [0.4, 0.5) is 32.0 Å². The molecule has 0 amide bonds. The Morgan fingerprint density at radius 1 is 0.917 bits per heavy atom. The smallest absolute Gasteiger partial charge is 0.418 e. The third kappa shape index (κ3) is 5.52. The third-order valence-electron chi connectivity index (χ3n) is 5.48. The number of hydrogen-bond donors (Lipinski definition) is 1. The summed E-state index contributed by atoms with van der Waals surface area (Å²) in [6, 6.07) is 8.74. The number of para-hydroxylation sites is 2. The summed E-state index contributed by atoms with van der Waals surface area (Å²) in [5.74, 6) is -1.83. The summed E-state index contributed by atoms with van der Waals surface area (Å²) in [7, 11) is 2.40. The van der Waals surface area contributed by atoms with Crippen molar-refractivity contribution in [3.8, 4) is 0 Å². The van der Waals surface area contributed by atoms with Gasteiger partial charge in [0.1, 0.15) is 0 Å². The van der Waals surface area contributed by atoms with Crippen molar-refractivity contribution in [1.29, 1.82) is 0 Å². The molecule has 192 valence electrons. The Kier molecular flexibility index (Phi) is 7.75. The van der Waals surface area contributed by atoms with Gasteiger partial charge in [0.25, 0.3) is 0 Å². The Morgan fingerprint density at radius 3 is 2.17 bits per heavy atom. The summed E-state index contributed by atoms with van der Waals surface area (Å²) in [6.45, 7) is 0.319. The molecule has 2 aromatic carbocycles. The number of benzene rings is 2. The number of carbonyl (C=O) groups is 2. The molecule has 0 bridgehead atoms. The van der Waals surface area contributed by atoms with E-state index in [2.05, 4.69) is 19.8 Å². The fourth-order valence-corrected chi connectivity index (χ4v) is 3.87. The van der Waals surface area contributed by atoms with Gasteiger partial charge in [-0.15, -0.1) is 0 Å². The SMILES string of the molecule is COC(=O)C1CCNc2c1cccc2C(F)(F)F.COC(=O)c1ccnc2c(C(F)(F)F)cccc12. The number of methoxy groups -OCH3 is 2. The van der Waals surface area contributed by atoms with Crippen LogP contribution in [0.1, 0.15) is 39.4 Å². The molecule has 0 saturated heterocycles. The molecule has 1 atom stereocenters. The van der Waals surface area contributed by atoms with Crippen molar-refractivity contribution in [3.05, 3.63) is 70.9 Å². The molecule has 0 fully saturated rings. The lowest BCUT2D eigenvalue weighted by atomic mass is 9.89. The predicted octanol–water partition coefficient (Wildman–Crippen LogP) is 5.82. The fraction of sp³-hybridized carbons (Fsp3) is 0.292. The molecule has 1 aromatic heterocycles. The van der Waals surface area contributed by atoms with Gasteiger partial charge in [0, 0.05) is 18.1 Å². The van der Waals surface area contributed by atoms with Crippen LogP contribution in [0.2, 0.25) is 0 Å². The first-order valence-electron chi connectivity index (χ1n) is 10.4. The predicted molar refractivity (Wildman–Crippen MR) is 117 cm³/mol. The molecule has 12 heteroatoms. The largest absolute Gasteiger partial charge is 0.469 e. The quantitative estimate of drug-likeness (QED) is 0.343. The number of esters is 2. The number of nitrogens with zero attached hydrogens (tertiary/aromatic N) is 1. The van der Waals surface area contributed by atoms with Crippen LogP contribution in [-0.2, 0) is 26.6 Å². The number of pyridine rings is 1. The number of ether oxygens (including phenoxy) is 2. The maximum atomic E-state index is 12.8. The zero-order valence-corrected chi connectivity index (χ0v) is 19.0. The van der Waals surface area contributed by atoms with Gasteiger partial charge in [-0.05, 0) is 30.2 Å². The first kappa shape index (κ1) is 26.8. The molecule has 6 nitrogen and oxygen atoms in total. The monoisotopic (exact) mass is 514 g/mol. The summed E-state index contributed by atoms with van der Waals surface area (Å²) in [6.07, 6.45) is -7.36. The van der Waals surface area contributed by atoms with Crippen molar-refractivity contribution < 1.29 is 45.4 Å². The van der Waals surface area contributed by atoms with Crippen molar-refractivity contribution >= 4 is 28.5 Å². The highest BCUT2D eigenvalue weighted by molar-refractivity contribution is 6.04. The third-order valence-corrected chi connectivity index (χ3v) is 5.48. The minimum absolute atomic E-state index is 0.00773. The maximum Gasteiger partial charge on any atom is 0.418 e. The highest BCUT2D eigenvalue weighted by Gasteiger charge is 2.38. The number of nitrogens with one attached hydrogen (secondary N) is 1. The average molecular weight is 514 g/mol. The van der Waals surface area contributed by atoms with Crippen molar-refractivity contribution in [2.75, 3.05) is 26.1 Å². The van der Waals surface area contributed by atoms with Crippen molar-refractivity contribution in [1.82, 2.24) is 4.98 Å². The molecule has 4 rings (SSSR count). The number of rotatable bonds is 2. The second kappa shape index (κ2) is 10.4. The van der Waals surface area contributed by atoms with Gasteiger partial charge in [0.15, 0.2) is 0 Å². The van der Waals surface area contributed by atoms with E-state index >= 15 is 0 Å². The summed E-state index contributed by atoms with van der Waals surface area (Å²) < 4.78 is 86.0. The molecule has 0 spiro atoms. The van der Waals surface area contributed by atoms with Gasteiger partial charge >= 0.3 is 24.3 Å². The number of alkyl halides is 6. The van der Waals surface area contributed by atoms with Crippen molar-refractivity contribution in [3.63, 3.8) is 0 Å². The summed E-state index contributed by atoms with van der Waals surface area (Å²) in [4.78, 5) is 26.7. The molecule has 2 heterocycles. The van der Waals surface area contributed by atoms with E-state index in [0.29, 0.717) is 18.5 Å². The number of hydrogen-bond acceptors (Lipinski definition) is 6. The Hall–Kier alpha value is -3.83. The zero-order valence-electron chi connectivity index (χ0n) is 19.0. The Bertz CT molecular complexity index is 1270. The highest BCUT2D eigenvalue weighted by Crippen LogP contribution is 2.42. The van der Waals surface area contributed by atoms with E-state index in [1.807, 2.05) is 0 Å². The highest BCUT2D eigenvalue weighted by atomic mass is 19.4. The molecule has 36 heavy (non-hydrogen) atoms. The van der Waals surface area contributed by atoms with Gasteiger partial charge in [-0.3, -0.25) is 9.78 Å². The lowest BCUT2D eigenvalue weighted by Gasteiger charge is -2.27. The molecule has 1 unspecified atom stereocenters. The van der Waals surface area contributed by atoms with Crippen LogP contribution in [0.3, 0.4) is 0 Å². The number of halogens is 6. The standard InChI is InChI=1S/C12H12F3NO2.C12H8F3NO2/c2*1-18-11(17)8-5-6-16-10-7(8)3-2-4-9(10)12(13,14)15/h2-4,8,16H,5-6H2,1H3;2-6H,1H3. The van der Waals surface area contributed by atoms with Crippen LogP contribution in [0, 0.1) is 0 Å². The first-order chi connectivity index (χ1) is 16.9. The Labute approximate surface area is 201 Å². The van der Waals surface area contributed by atoms with Gasteiger partial charge in [-0.2, -0.15) is 26.3 Å². The van der Waals surface area contributed by atoms with Crippen molar-refractivity contribution in [2.45, 2.75) is 24.7 Å². The molecule has 3 aromatic rings. The minimum Gasteiger partial charge on any atom is -0.469 e. The summed E-state index contributed by atoms with van der Waals surface area (Å²) in [5, 5.41) is 2.84. The van der Waals surface area contributed by atoms with Crippen LogP contribution in [0.25, 0.3) is 10.9 Å². The van der Waals surface area contributed by atoms with Gasteiger partial charge in [-0.25, -0.2) is 4.79 Å². The van der Waals surface area contributed by atoms with Crippen LogP contribution in [0.5, 0.6) is 0 Å². The van der Waals surface area contributed by atoms with E-state index in [1.165, 1.54) is 44.6 Å². The minimum atomic E-state index is -4.51. The summed E-state index contributed by atoms with van der Waals surface area (Å²) >= 11 is 0. The molecule has 0 aliphatic carbocycles. The molecule has 1 aliphatic rings. The van der Waals surface area contributed by atoms with E-state index in [4.69, 9.17) is 0 Å². The number of fused-ring (bicyclic) bond motifs is 2. The summed E-state index contributed by atoms with van der Waals surface area (Å²) in [5.41, 5.74) is -1.46. The fourth-order valence-electron chi connectivity index (χ4n) is 3.87. The maximum absolute atomic E-state index is 12.8. The van der Waals surface area contributed by atoms with Gasteiger partial charge in [0.05, 0.1) is 48.0 Å². The molecular formula is C24H20F6N2O4. The van der Waals surface area contributed by atoms with E-state index < -0.39 is 41.3 Å². The second-order valence-corrected chi connectivity index (χ2v) is 7.61. The Morgan fingerprint density at radius 2 is 1.56 bits per heavy atom. The van der Waals surface area contributed by atoms with Crippen LogP contribution in [0.15, 0.2) is 48.7 Å². The lowest BCUT2D eigenvalue weighted by Crippen LogP contribution is -2.26. The van der Waals surface area contributed by atoms with Crippen LogP contribution < -0.4 is 5.32 Å². The average Bonchev–Trinajstić information content (AvgIpc) is 2.85. The number of anilines is 1. The Balaban J connectivity index is 0.000000201. The van der Waals surface area contributed by atoms with Gasteiger partial charge in [0.2, 0.25) is 0 Å². The molecular weight excluding hydrogens is 494 g/mol. The zero-order chi connectivity index (χ0) is 26.7. The normalized spacial score (nSPS) is 15.2. The number of carbonyl (C=O) groups excluding carboxylic acids is 2. The van der Waals surface area contributed by atoms with Crippen LogP contribution in [-0.4, -0.2) is 37.7 Å².